The van der Waals surface area contributed by atoms with E-state index in [1.165, 1.54) is 17.3 Å². The van der Waals surface area contributed by atoms with Crippen molar-refractivity contribution >= 4 is 17.4 Å². The molecule has 4 heterocycles. The Kier molecular flexibility index (Phi) is 5.64. The van der Waals surface area contributed by atoms with Crippen molar-refractivity contribution in [3.05, 3.63) is 41.6 Å². The van der Waals surface area contributed by atoms with Crippen molar-refractivity contribution in [3.63, 3.8) is 0 Å². The van der Waals surface area contributed by atoms with Gasteiger partial charge in [0.2, 0.25) is 0 Å². The zero-order valence-corrected chi connectivity index (χ0v) is 17.1. The lowest BCUT2D eigenvalue weighted by Crippen LogP contribution is -2.28. The van der Waals surface area contributed by atoms with Gasteiger partial charge in [0.1, 0.15) is 5.82 Å². The molecule has 2 aromatic rings. The fraction of sp³-hybridized carbons (Fsp3) is 0.524. The molecule has 0 spiro atoms. The van der Waals surface area contributed by atoms with Gasteiger partial charge >= 0.3 is 0 Å². The minimum Gasteiger partial charge on any atom is -0.373 e. The molecule has 0 radical (unpaired) electrons. The lowest BCUT2D eigenvalue weighted by atomic mass is 10.1. The molecular weight excluding hydrogens is 392 g/mol. The molecule has 2 fully saturated rings. The van der Waals surface area contributed by atoms with Crippen LogP contribution in [-0.4, -0.2) is 46.5 Å². The van der Waals surface area contributed by atoms with Crippen molar-refractivity contribution in [2.45, 2.75) is 51.1 Å². The summed E-state index contributed by atoms with van der Waals surface area (Å²) in [7, 11) is 0. The predicted molar refractivity (Wildman–Crippen MR) is 108 cm³/mol. The van der Waals surface area contributed by atoms with Crippen molar-refractivity contribution < 1.29 is 18.3 Å². The van der Waals surface area contributed by atoms with E-state index in [2.05, 4.69) is 20.3 Å². The summed E-state index contributed by atoms with van der Waals surface area (Å²) >= 11 is 0. The first-order chi connectivity index (χ1) is 14.3. The monoisotopic (exact) mass is 417 g/mol. The number of nitrogens with zero attached hydrogens (tertiary/aromatic N) is 4. The first kappa shape index (κ1) is 20.6. The average molecular weight is 417 g/mol. The maximum atomic E-state index is 13.8. The Morgan fingerprint density at radius 3 is 2.67 bits per heavy atom. The largest absolute Gasteiger partial charge is 0.373 e. The van der Waals surface area contributed by atoms with E-state index in [4.69, 9.17) is 4.74 Å². The van der Waals surface area contributed by atoms with Gasteiger partial charge in [-0.2, -0.15) is 0 Å². The molecule has 4 rings (SSSR count). The molecule has 160 valence electrons. The van der Waals surface area contributed by atoms with E-state index in [1.807, 2.05) is 13.8 Å². The summed E-state index contributed by atoms with van der Waals surface area (Å²) < 4.78 is 33.5. The third kappa shape index (κ3) is 4.26. The van der Waals surface area contributed by atoms with Crippen LogP contribution in [0.4, 0.5) is 20.3 Å². The number of anilines is 2. The number of alkyl halides is 2. The third-order valence-electron chi connectivity index (χ3n) is 5.40. The van der Waals surface area contributed by atoms with Gasteiger partial charge in [-0.15, -0.1) is 0 Å². The first-order valence-electron chi connectivity index (χ1n) is 10.2. The molecule has 2 aromatic heterocycles. The second-order valence-corrected chi connectivity index (χ2v) is 8.07. The highest BCUT2D eigenvalue weighted by Crippen LogP contribution is 2.40. The standard InChI is InChI=1S/C21H25F2N5O2/c1-13(2)18-25-10-14(11-26-18)20(29)27-17-15(16-4-3-9-30-16)5-7-24-19(17)28-8-6-21(22,23)12-28/h5,7,10-11,13,16H,3-4,6,8-9,12H2,1-2H3,(H,27,29)/t16-/m1/s1. The van der Waals surface area contributed by atoms with Crippen molar-refractivity contribution in [1.82, 2.24) is 15.0 Å². The van der Waals surface area contributed by atoms with Crippen LogP contribution in [0.2, 0.25) is 0 Å². The van der Waals surface area contributed by atoms with Gasteiger partial charge < -0.3 is 15.0 Å². The SMILES string of the molecule is CC(C)c1ncc(C(=O)Nc2c([C@H]3CCCO3)ccnc2N2CCC(F)(F)C2)cn1. The van der Waals surface area contributed by atoms with E-state index in [0.29, 0.717) is 29.5 Å². The van der Waals surface area contributed by atoms with Gasteiger partial charge in [0.25, 0.3) is 11.8 Å². The van der Waals surface area contributed by atoms with Crippen molar-refractivity contribution in [1.29, 1.82) is 0 Å². The second-order valence-electron chi connectivity index (χ2n) is 8.07. The number of hydrogen-bond acceptors (Lipinski definition) is 6. The van der Waals surface area contributed by atoms with Gasteiger partial charge in [-0.25, -0.2) is 23.7 Å². The van der Waals surface area contributed by atoms with Crippen LogP contribution in [0.3, 0.4) is 0 Å². The van der Waals surface area contributed by atoms with Crippen molar-refractivity contribution in [2.75, 3.05) is 29.9 Å². The summed E-state index contributed by atoms with van der Waals surface area (Å²) in [6, 6.07) is 1.78. The van der Waals surface area contributed by atoms with Gasteiger partial charge in [-0.05, 0) is 18.9 Å². The van der Waals surface area contributed by atoms with Crippen molar-refractivity contribution in [3.8, 4) is 0 Å². The maximum absolute atomic E-state index is 13.8. The molecule has 9 heteroatoms. The molecule has 0 unspecified atom stereocenters. The minimum absolute atomic E-state index is 0.148. The zero-order valence-electron chi connectivity index (χ0n) is 17.1. The molecular formula is C21H25F2N5O2. The fourth-order valence-electron chi connectivity index (χ4n) is 3.78. The number of halogens is 2. The van der Waals surface area contributed by atoms with Crippen LogP contribution in [0, 0.1) is 0 Å². The summed E-state index contributed by atoms with van der Waals surface area (Å²) in [6.45, 7) is 4.31. The number of ether oxygens (including phenoxy) is 1. The number of aromatic nitrogens is 3. The summed E-state index contributed by atoms with van der Waals surface area (Å²) in [5.74, 6) is -2.05. The molecule has 0 aromatic carbocycles. The molecule has 0 bridgehead atoms. The molecule has 30 heavy (non-hydrogen) atoms. The summed E-state index contributed by atoms with van der Waals surface area (Å²) in [5.41, 5.74) is 1.46. The third-order valence-corrected chi connectivity index (χ3v) is 5.40. The van der Waals surface area contributed by atoms with Crippen LogP contribution in [0.25, 0.3) is 0 Å². The van der Waals surface area contributed by atoms with Gasteiger partial charge in [-0.3, -0.25) is 4.79 Å². The van der Waals surface area contributed by atoms with E-state index in [9.17, 15) is 13.6 Å². The molecule has 2 saturated heterocycles. The van der Waals surface area contributed by atoms with E-state index < -0.39 is 18.4 Å². The number of amides is 1. The molecule has 1 atom stereocenters. The number of hydrogen-bond donors (Lipinski definition) is 1. The average Bonchev–Trinajstić information content (AvgIpc) is 3.37. The summed E-state index contributed by atoms with van der Waals surface area (Å²) in [5, 5.41) is 2.88. The Balaban J connectivity index is 1.66. The van der Waals surface area contributed by atoms with Crippen LogP contribution in [0.5, 0.6) is 0 Å². The van der Waals surface area contributed by atoms with E-state index >= 15 is 0 Å². The molecule has 1 amide bonds. The predicted octanol–water partition coefficient (Wildman–Crippen LogP) is 3.94. The molecule has 0 aliphatic carbocycles. The highest BCUT2D eigenvalue weighted by Gasteiger charge is 2.40. The van der Waals surface area contributed by atoms with Crippen molar-refractivity contribution in [2.24, 2.45) is 0 Å². The summed E-state index contributed by atoms with van der Waals surface area (Å²) in [6.07, 6.45) is 5.80. The lowest BCUT2D eigenvalue weighted by molar-refractivity contribution is 0.0257. The molecule has 2 aliphatic rings. The Bertz CT molecular complexity index is 914. The highest BCUT2D eigenvalue weighted by molar-refractivity contribution is 6.06. The van der Waals surface area contributed by atoms with E-state index in [1.54, 1.807) is 12.3 Å². The molecule has 2 aliphatic heterocycles. The Morgan fingerprint density at radius 1 is 1.30 bits per heavy atom. The highest BCUT2D eigenvalue weighted by atomic mass is 19.3. The van der Waals surface area contributed by atoms with E-state index in [0.717, 1.165) is 18.4 Å². The number of rotatable bonds is 5. The fourth-order valence-corrected chi connectivity index (χ4v) is 3.78. The van der Waals surface area contributed by atoms with Gasteiger partial charge in [0, 0.05) is 49.6 Å². The number of nitrogens with one attached hydrogen (secondary N) is 1. The number of carbonyl (C=O) groups is 1. The summed E-state index contributed by atoms with van der Waals surface area (Å²) in [4.78, 5) is 27.3. The van der Waals surface area contributed by atoms with E-state index in [-0.39, 0.29) is 25.0 Å². The van der Waals surface area contributed by atoms with Crippen LogP contribution in [-0.2, 0) is 4.74 Å². The maximum Gasteiger partial charge on any atom is 0.266 e. The Hall–Kier alpha value is -2.68. The first-order valence-corrected chi connectivity index (χ1v) is 10.2. The van der Waals surface area contributed by atoms with Crippen LogP contribution >= 0.6 is 0 Å². The van der Waals surface area contributed by atoms with Gasteiger partial charge in [0.05, 0.1) is 23.9 Å². The van der Waals surface area contributed by atoms with Gasteiger partial charge in [-0.1, -0.05) is 13.8 Å². The normalized spacial score (nSPS) is 20.7. The van der Waals surface area contributed by atoms with Crippen LogP contribution < -0.4 is 10.2 Å². The minimum atomic E-state index is -2.77. The Labute approximate surface area is 173 Å². The topological polar surface area (TPSA) is 80.2 Å². The smallest absolute Gasteiger partial charge is 0.266 e. The zero-order chi connectivity index (χ0) is 21.3. The molecule has 0 saturated carbocycles. The lowest BCUT2D eigenvalue weighted by Gasteiger charge is -2.24. The molecule has 1 N–H and O–H groups in total. The van der Waals surface area contributed by atoms with Crippen LogP contribution in [0.1, 0.15) is 66.9 Å². The quantitative estimate of drug-likeness (QED) is 0.794. The number of pyridine rings is 1. The molecule has 7 nitrogen and oxygen atoms in total. The Morgan fingerprint density at radius 2 is 2.07 bits per heavy atom. The van der Waals surface area contributed by atoms with Crippen LogP contribution in [0.15, 0.2) is 24.7 Å². The second kappa shape index (κ2) is 8.22. The van der Waals surface area contributed by atoms with Gasteiger partial charge in [0.15, 0.2) is 5.82 Å². The number of carbonyl (C=O) groups excluding carboxylic acids is 1.